The number of hydrogen-bond donors (Lipinski definition) is 2. The predicted octanol–water partition coefficient (Wildman–Crippen LogP) is 6.11. The molecule has 0 bridgehead atoms. The van der Waals surface area contributed by atoms with Gasteiger partial charge in [-0.2, -0.15) is 0 Å². The van der Waals surface area contributed by atoms with Crippen molar-refractivity contribution in [3.8, 4) is 5.75 Å². The molecule has 0 saturated heterocycles. The molecule has 0 saturated carbocycles. The van der Waals surface area contributed by atoms with Crippen molar-refractivity contribution in [2.45, 2.75) is 25.7 Å². The summed E-state index contributed by atoms with van der Waals surface area (Å²) >= 11 is 0. The molecule has 3 nitrogen and oxygen atoms in total. The van der Waals surface area contributed by atoms with E-state index in [2.05, 4.69) is 53.5 Å². The fraction of sp³-hybridized carbons (Fsp3) is 0.148. The standard InChI is InChI=1S/C18H16.C9H7NO2/c1-3-7-15-13(5-1)9-11-18-16-8-4-2-6-14(16)10-12-17(15)18;11-8-5-6-3-1-2-4-7(6)10-9(8)12/h1,3,5,7,9-12H,2,4,6,8H2;1-5,11H,(H,10,12). The Morgan fingerprint density at radius 2 is 1.43 bits per heavy atom. The molecule has 148 valence electrons. The van der Waals surface area contributed by atoms with Gasteiger partial charge in [-0.05, 0) is 70.5 Å². The molecule has 0 unspecified atom stereocenters. The summed E-state index contributed by atoms with van der Waals surface area (Å²) in [7, 11) is 0. The largest absolute Gasteiger partial charge is 0.503 e. The molecule has 0 radical (unpaired) electrons. The first-order valence-corrected chi connectivity index (χ1v) is 10.4. The van der Waals surface area contributed by atoms with Crippen LogP contribution in [0.3, 0.4) is 0 Å². The molecule has 1 aromatic heterocycles. The molecule has 0 aliphatic heterocycles. The monoisotopic (exact) mass is 393 g/mol. The molecule has 1 aliphatic carbocycles. The van der Waals surface area contributed by atoms with Crippen molar-refractivity contribution in [2.75, 3.05) is 0 Å². The maximum absolute atomic E-state index is 10.9. The van der Waals surface area contributed by atoms with E-state index in [0.717, 1.165) is 10.9 Å². The van der Waals surface area contributed by atoms with Crippen molar-refractivity contribution in [1.29, 1.82) is 0 Å². The Morgan fingerprint density at radius 1 is 0.700 bits per heavy atom. The van der Waals surface area contributed by atoms with Crippen molar-refractivity contribution in [3.63, 3.8) is 0 Å². The number of hydrogen-bond acceptors (Lipinski definition) is 2. The third kappa shape index (κ3) is 3.33. The minimum Gasteiger partial charge on any atom is -0.503 e. The van der Waals surface area contributed by atoms with Crippen LogP contribution in [0.5, 0.6) is 5.75 Å². The average molecular weight is 393 g/mol. The van der Waals surface area contributed by atoms with Crippen LogP contribution in [0.1, 0.15) is 24.0 Å². The molecule has 1 aliphatic rings. The number of aromatic nitrogens is 1. The van der Waals surface area contributed by atoms with E-state index >= 15 is 0 Å². The van der Waals surface area contributed by atoms with Gasteiger partial charge in [0, 0.05) is 10.9 Å². The summed E-state index contributed by atoms with van der Waals surface area (Å²) in [5.74, 6) is -0.242. The van der Waals surface area contributed by atoms with Gasteiger partial charge < -0.3 is 10.1 Å². The smallest absolute Gasteiger partial charge is 0.290 e. The average Bonchev–Trinajstić information content (AvgIpc) is 2.80. The van der Waals surface area contributed by atoms with Crippen LogP contribution in [0.15, 0.2) is 83.7 Å². The molecule has 0 fully saturated rings. The molecular formula is C27H23NO2. The third-order valence-electron chi connectivity index (χ3n) is 5.99. The topological polar surface area (TPSA) is 53.1 Å². The van der Waals surface area contributed by atoms with Crippen LogP contribution in [-0.4, -0.2) is 10.1 Å². The van der Waals surface area contributed by atoms with E-state index in [0.29, 0.717) is 0 Å². The zero-order valence-corrected chi connectivity index (χ0v) is 16.7. The van der Waals surface area contributed by atoms with Crippen LogP contribution < -0.4 is 5.56 Å². The molecule has 5 aromatic rings. The summed E-state index contributed by atoms with van der Waals surface area (Å²) in [6.45, 7) is 0. The third-order valence-corrected chi connectivity index (χ3v) is 5.99. The number of aryl methyl sites for hydroxylation is 2. The van der Waals surface area contributed by atoms with Gasteiger partial charge in [0.2, 0.25) is 0 Å². The molecule has 0 spiro atoms. The molecule has 6 rings (SSSR count). The molecule has 0 amide bonds. The van der Waals surface area contributed by atoms with E-state index in [1.165, 1.54) is 53.3 Å². The number of benzene rings is 4. The Morgan fingerprint density at radius 3 is 2.33 bits per heavy atom. The van der Waals surface area contributed by atoms with E-state index < -0.39 is 5.56 Å². The highest BCUT2D eigenvalue weighted by Crippen LogP contribution is 2.33. The zero-order valence-electron chi connectivity index (χ0n) is 16.7. The van der Waals surface area contributed by atoms with E-state index in [9.17, 15) is 4.79 Å². The lowest BCUT2D eigenvalue weighted by molar-refractivity contribution is 0.468. The van der Waals surface area contributed by atoms with Crippen molar-refractivity contribution in [3.05, 3.63) is 100 Å². The van der Waals surface area contributed by atoms with Crippen molar-refractivity contribution in [1.82, 2.24) is 4.98 Å². The Kier molecular flexibility index (Phi) is 4.72. The molecule has 2 N–H and O–H groups in total. The summed E-state index contributed by atoms with van der Waals surface area (Å²) in [5.41, 5.74) is 3.46. The predicted molar refractivity (Wildman–Crippen MR) is 124 cm³/mol. The van der Waals surface area contributed by atoms with E-state index in [1.807, 2.05) is 18.2 Å². The second-order valence-electron chi connectivity index (χ2n) is 7.86. The lowest BCUT2D eigenvalue weighted by Gasteiger charge is -2.18. The summed E-state index contributed by atoms with van der Waals surface area (Å²) in [6, 6.07) is 26.7. The van der Waals surface area contributed by atoms with Gasteiger partial charge in [-0.25, -0.2) is 0 Å². The van der Waals surface area contributed by atoms with Gasteiger partial charge >= 0.3 is 0 Å². The maximum Gasteiger partial charge on any atom is 0.290 e. The first kappa shape index (κ1) is 18.4. The Labute approximate surface area is 174 Å². The Hall–Kier alpha value is -3.59. The van der Waals surface area contributed by atoms with Gasteiger partial charge in [0.15, 0.2) is 5.75 Å². The Balaban J connectivity index is 0.000000140. The zero-order chi connectivity index (χ0) is 20.5. The SMILES string of the molecule is O=c1[nH]c2ccccc2cc1O.c1ccc2c(c1)ccc1c3c(ccc12)CCCC3. The first-order valence-electron chi connectivity index (χ1n) is 10.4. The minimum absolute atomic E-state index is 0.242. The fourth-order valence-electron chi connectivity index (χ4n) is 4.48. The number of nitrogens with one attached hydrogen (secondary N) is 1. The van der Waals surface area contributed by atoms with Crippen LogP contribution in [0.4, 0.5) is 0 Å². The van der Waals surface area contributed by atoms with Crippen molar-refractivity contribution in [2.24, 2.45) is 0 Å². The number of pyridine rings is 1. The van der Waals surface area contributed by atoms with Gasteiger partial charge in [0.25, 0.3) is 5.56 Å². The minimum atomic E-state index is -0.450. The molecule has 30 heavy (non-hydrogen) atoms. The van der Waals surface area contributed by atoms with Gasteiger partial charge in [-0.3, -0.25) is 4.79 Å². The molecule has 3 heteroatoms. The molecule has 1 heterocycles. The quantitative estimate of drug-likeness (QED) is 0.312. The van der Waals surface area contributed by atoms with Gasteiger partial charge in [0.05, 0.1) is 0 Å². The second kappa shape index (κ2) is 7.68. The number of H-pyrrole nitrogens is 1. The van der Waals surface area contributed by atoms with Crippen LogP contribution in [0.2, 0.25) is 0 Å². The second-order valence-corrected chi connectivity index (χ2v) is 7.86. The molecule has 4 aromatic carbocycles. The van der Waals surface area contributed by atoms with E-state index in [4.69, 9.17) is 5.11 Å². The maximum atomic E-state index is 10.9. The highest BCUT2D eigenvalue weighted by molar-refractivity contribution is 6.08. The number of aromatic amines is 1. The fourth-order valence-corrected chi connectivity index (χ4v) is 4.48. The molecular weight excluding hydrogens is 370 g/mol. The highest BCUT2D eigenvalue weighted by atomic mass is 16.3. The highest BCUT2D eigenvalue weighted by Gasteiger charge is 2.13. The van der Waals surface area contributed by atoms with Crippen LogP contribution >= 0.6 is 0 Å². The summed E-state index contributed by atoms with van der Waals surface area (Å²) in [6.07, 6.45) is 5.22. The van der Waals surface area contributed by atoms with Gasteiger partial charge in [0.1, 0.15) is 0 Å². The first-order chi connectivity index (χ1) is 14.7. The number of fused-ring (bicyclic) bond motifs is 6. The van der Waals surface area contributed by atoms with Gasteiger partial charge in [-0.1, -0.05) is 66.7 Å². The molecule has 0 atom stereocenters. The number of para-hydroxylation sites is 1. The van der Waals surface area contributed by atoms with Crippen molar-refractivity contribution < 1.29 is 5.11 Å². The number of rotatable bonds is 0. The Bertz CT molecular complexity index is 1430. The summed E-state index contributed by atoms with van der Waals surface area (Å²) < 4.78 is 0. The lowest BCUT2D eigenvalue weighted by Crippen LogP contribution is -2.03. The summed E-state index contributed by atoms with van der Waals surface area (Å²) in [5, 5.41) is 15.5. The summed E-state index contributed by atoms with van der Waals surface area (Å²) in [4.78, 5) is 13.5. The van der Waals surface area contributed by atoms with E-state index in [1.54, 1.807) is 17.2 Å². The van der Waals surface area contributed by atoms with Crippen molar-refractivity contribution >= 4 is 32.4 Å². The van der Waals surface area contributed by atoms with Crippen LogP contribution in [0, 0.1) is 0 Å². The van der Waals surface area contributed by atoms with Gasteiger partial charge in [-0.15, -0.1) is 0 Å². The van der Waals surface area contributed by atoms with E-state index in [-0.39, 0.29) is 5.75 Å². The van der Waals surface area contributed by atoms with Crippen LogP contribution in [-0.2, 0) is 12.8 Å². The lowest BCUT2D eigenvalue weighted by atomic mass is 9.86. The normalized spacial score (nSPS) is 13.1. The van der Waals surface area contributed by atoms with Crippen LogP contribution in [0.25, 0.3) is 32.4 Å². The number of aromatic hydroxyl groups is 1.